The van der Waals surface area contributed by atoms with Crippen LogP contribution in [0, 0.1) is 0 Å². The van der Waals surface area contributed by atoms with Gasteiger partial charge in [-0.3, -0.25) is 0 Å². The molecule has 0 rings (SSSR count). The summed E-state index contributed by atoms with van der Waals surface area (Å²) in [5.74, 6) is 0. The highest BCUT2D eigenvalue weighted by atomic mass is 15.0. The number of nitrogens with one attached hydrogen (secondary N) is 1. The summed E-state index contributed by atoms with van der Waals surface area (Å²) in [6.45, 7) is 16.5. The molecule has 0 amide bonds. The number of hydrogen-bond donors (Lipinski definition) is 1. The van der Waals surface area contributed by atoms with Gasteiger partial charge in [0.2, 0.25) is 0 Å². The molecule has 0 heterocycles. The third kappa shape index (κ3) is 5.63. The van der Waals surface area contributed by atoms with Gasteiger partial charge in [0.1, 0.15) is 0 Å². The molecule has 0 aromatic heterocycles. The Morgan fingerprint density at radius 1 is 1.14 bits per heavy atom. The Labute approximate surface area is 88.6 Å². The van der Waals surface area contributed by atoms with Gasteiger partial charge in [0.25, 0.3) is 0 Å². The summed E-state index contributed by atoms with van der Waals surface area (Å²) in [7, 11) is 0. The summed E-state index contributed by atoms with van der Waals surface area (Å²) in [5, 5.41) is 3.47. The summed E-state index contributed by atoms with van der Waals surface area (Å²) in [4.78, 5) is 0. The predicted molar refractivity (Wildman–Crippen MR) is 65.2 cm³/mol. The highest BCUT2D eigenvalue weighted by molar-refractivity contribution is 5.31. The van der Waals surface area contributed by atoms with Crippen molar-refractivity contribution in [3.05, 3.63) is 35.6 Å². The average Bonchev–Trinajstić information content (AvgIpc) is 1.98. The van der Waals surface area contributed by atoms with Crippen LogP contribution in [0.4, 0.5) is 0 Å². The standard InChI is InChI=1S/C13H23N/c1-8-11(4)12(9-10(2)3)14-13(5,6)7/h8-9,14H,1H2,2-7H3/b12-11+. The van der Waals surface area contributed by atoms with E-state index in [1.807, 2.05) is 6.08 Å². The molecule has 0 aliphatic heterocycles. The molecule has 80 valence electrons. The normalized spacial score (nSPS) is 13.0. The fraction of sp³-hybridized carbons (Fsp3) is 0.538. The molecule has 0 bridgehead atoms. The fourth-order valence-electron chi connectivity index (χ4n) is 1.05. The van der Waals surface area contributed by atoms with Crippen LogP contribution < -0.4 is 5.32 Å². The van der Waals surface area contributed by atoms with E-state index in [0.717, 1.165) is 5.70 Å². The van der Waals surface area contributed by atoms with Crippen molar-refractivity contribution in [3.63, 3.8) is 0 Å². The van der Waals surface area contributed by atoms with E-state index >= 15 is 0 Å². The van der Waals surface area contributed by atoms with E-state index < -0.39 is 0 Å². The highest BCUT2D eigenvalue weighted by Gasteiger charge is 2.10. The molecule has 0 atom stereocenters. The van der Waals surface area contributed by atoms with Gasteiger partial charge < -0.3 is 5.32 Å². The molecule has 0 radical (unpaired) electrons. The van der Waals surface area contributed by atoms with E-state index in [1.165, 1.54) is 11.1 Å². The molecule has 0 aliphatic carbocycles. The van der Waals surface area contributed by atoms with Gasteiger partial charge in [0.05, 0.1) is 0 Å². The lowest BCUT2D eigenvalue weighted by Crippen LogP contribution is -2.35. The molecule has 1 nitrogen and oxygen atoms in total. The molecule has 0 aromatic rings. The van der Waals surface area contributed by atoms with E-state index in [-0.39, 0.29) is 5.54 Å². The molecule has 0 saturated carbocycles. The van der Waals surface area contributed by atoms with Crippen LogP contribution in [0.25, 0.3) is 0 Å². The summed E-state index contributed by atoms with van der Waals surface area (Å²) in [6.07, 6.45) is 4.04. The Hall–Kier alpha value is -0.980. The molecule has 0 saturated heterocycles. The first-order valence-corrected chi connectivity index (χ1v) is 5.02. The third-order valence-electron chi connectivity index (χ3n) is 1.67. The molecule has 0 spiro atoms. The summed E-state index contributed by atoms with van der Waals surface area (Å²) in [6, 6.07) is 0. The second kappa shape index (κ2) is 5.04. The van der Waals surface area contributed by atoms with Crippen LogP contribution in [0.5, 0.6) is 0 Å². The Bertz CT molecular complexity index is 257. The van der Waals surface area contributed by atoms with Gasteiger partial charge in [-0.1, -0.05) is 18.2 Å². The van der Waals surface area contributed by atoms with Crippen molar-refractivity contribution in [1.82, 2.24) is 5.32 Å². The van der Waals surface area contributed by atoms with Crippen LogP contribution in [-0.4, -0.2) is 5.54 Å². The topological polar surface area (TPSA) is 12.0 Å². The zero-order valence-electron chi connectivity index (χ0n) is 10.4. The van der Waals surface area contributed by atoms with Crippen LogP contribution in [0.2, 0.25) is 0 Å². The van der Waals surface area contributed by atoms with E-state index in [0.29, 0.717) is 0 Å². The second-order valence-corrected chi connectivity index (χ2v) is 4.90. The van der Waals surface area contributed by atoms with Crippen LogP contribution in [0.15, 0.2) is 35.6 Å². The van der Waals surface area contributed by atoms with Gasteiger partial charge in [-0.05, 0) is 53.2 Å². The van der Waals surface area contributed by atoms with Crippen molar-refractivity contribution in [3.8, 4) is 0 Å². The van der Waals surface area contributed by atoms with Crippen molar-refractivity contribution >= 4 is 0 Å². The van der Waals surface area contributed by atoms with E-state index in [2.05, 4.69) is 59.5 Å². The van der Waals surface area contributed by atoms with Crippen molar-refractivity contribution in [2.75, 3.05) is 0 Å². The average molecular weight is 193 g/mol. The Morgan fingerprint density at radius 2 is 1.64 bits per heavy atom. The molecule has 0 unspecified atom stereocenters. The number of allylic oxidation sites excluding steroid dienone is 4. The lowest BCUT2D eigenvalue weighted by Gasteiger charge is -2.24. The van der Waals surface area contributed by atoms with Gasteiger partial charge in [-0.15, -0.1) is 0 Å². The third-order valence-corrected chi connectivity index (χ3v) is 1.67. The minimum Gasteiger partial charge on any atom is -0.380 e. The molecule has 0 aromatic carbocycles. The maximum Gasteiger partial charge on any atom is 0.0372 e. The maximum absolute atomic E-state index is 3.79. The van der Waals surface area contributed by atoms with Gasteiger partial charge >= 0.3 is 0 Å². The minimum absolute atomic E-state index is 0.0888. The molecule has 1 N–H and O–H groups in total. The first-order valence-electron chi connectivity index (χ1n) is 5.02. The molecule has 0 aliphatic rings. The lowest BCUT2D eigenvalue weighted by atomic mass is 10.1. The number of hydrogen-bond acceptors (Lipinski definition) is 1. The van der Waals surface area contributed by atoms with Crippen molar-refractivity contribution in [2.24, 2.45) is 0 Å². The SMILES string of the molecule is C=C/C(C)=C(\C=C(C)C)NC(C)(C)C. The number of rotatable bonds is 3. The van der Waals surface area contributed by atoms with E-state index in [9.17, 15) is 0 Å². The summed E-state index contributed by atoms with van der Waals surface area (Å²) < 4.78 is 0. The molecule has 1 heteroatoms. The van der Waals surface area contributed by atoms with Crippen molar-refractivity contribution in [1.29, 1.82) is 0 Å². The Balaban J connectivity index is 4.95. The minimum atomic E-state index is 0.0888. The fourth-order valence-corrected chi connectivity index (χ4v) is 1.05. The smallest absolute Gasteiger partial charge is 0.0372 e. The highest BCUT2D eigenvalue weighted by Crippen LogP contribution is 2.11. The molecule has 0 fully saturated rings. The Morgan fingerprint density at radius 3 is 1.93 bits per heavy atom. The Kier molecular flexibility index (Phi) is 4.69. The van der Waals surface area contributed by atoms with Crippen LogP contribution >= 0.6 is 0 Å². The van der Waals surface area contributed by atoms with Gasteiger partial charge in [-0.2, -0.15) is 0 Å². The van der Waals surface area contributed by atoms with Crippen molar-refractivity contribution in [2.45, 2.75) is 47.1 Å². The van der Waals surface area contributed by atoms with Crippen LogP contribution in [0.3, 0.4) is 0 Å². The molecular weight excluding hydrogens is 170 g/mol. The van der Waals surface area contributed by atoms with Gasteiger partial charge in [0, 0.05) is 11.2 Å². The predicted octanol–water partition coefficient (Wildman–Crippen LogP) is 3.80. The summed E-state index contributed by atoms with van der Waals surface area (Å²) in [5.41, 5.74) is 3.72. The molecular formula is C13H23N. The lowest BCUT2D eigenvalue weighted by molar-refractivity contribution is 0.477. The first-order chi connectivity index (χ1) is 6.26. The van der Waals surface area contributed by atoms with Crippen LogP contribution in [0.1, 0.15) is 41.5 Å². The largest absolute Gasteiger partial charge is 0.380 e. The van der Waals surface area contributed by atoms with Gasteiger partial charge in [0.15, 0.2) is 0 Å². The van der Waals surface area contributed by atoms with Crippen LogP contribution in [-0.2, 0) is 0 Å². The summed E-state index contributed by atoms with van der Waals surface area (Å²) >= 11 is 0. The zero-order chi connectivity index (χ0) is 11.4. The van der Waals surface area contributed by atoms with E-state index in [1.54, 1.807) is 0 Å². The quantitative estimate of drug-likeness (QED) is 0.672. The second-order valence-electron chi connectivity index (χ2n) is 4.90. The van der Waals surface area contributed by atoms with Gasteiger partial charge in [-0.25, -0.2) is 0 Å². The molecule has 14 heavy (non-hydrogen) atoms. The van der Waals surface area contributed by atoms with Crippen molar-refractivity contribution < 1.29 is 0 Å². The monoisotopic (exact) mass is 193 g/mol. The first kappa shape index (κ1) is 13.0. The maximum atomic E-state index is 3.79. The zero-order valence-corrected chi connectivity index (χ0v) is 10.4. The van der Waals surface area contributed by atoms with E-state index in [4.69, 9.17) is 0 Å².